The summed E-state index contributed by atoms with van der Waals surface area (Å²) in [7, 11) is 0. The molecule has 10 heteroatoms. The number of aromatic nitrogens is 1. The summed E-state index contributed by atoms with van der Waals surface area (Å²) in [5, 5.41) is 9.82. The van der Waals surface area contributed by atoms with Crippen LogP contribution < -0.4 is 19.7 Å². The zero-order valence-electron chi connectivity index (χ0n) is 34.8. The Morgan fingerprint density at radius 3 is 2.10 bits per heavy atom. The molecule has 1 N–H and O–H groups in total. The van der Waals surface area contributed by atoms with Crippen molar-refractivity contribution in [1.82, 2.24) is 9.47 Å². The third-order valence-corrected chi connectivity index (χ3v) is 14.9. The Hall–Kier alpha value is -5.03. The molecule has 1 saturated carbocycles. The van der Waals surface area contributed by atoms with Crippen LogP contribution in [0.15, 0.2) is 108 Å². The van der Waals surface area contributed by atoms with E-state index in [1.54, 1.807) is 4.90 Å². The van der Waals surface area contributed by atoms with Crippen molar-refractivity contribution in [2.45, 2.75) is 102 Å². The molecule has 4 aromatic carbocycles. The largest absolute Gasteiger partial charge is 0.480 e. The van der Waals surface area contributed by atoms with Crippen LogP contribution in [0.25, 0.3) is 22.6 Å². The summed E-state index contributed by atoms with van der Waals surface area (Å²) in [6, 6.07) is 36.6. The zero-order valence-corrected chi connectivity index (χ0v) is 37.2. The highest BCUT2D eigenvalue weighted by Gasteiger charge is 2.42. The molecule has 1 aromatic heterocycles. The van der Waals surface area contributed by atoms with Gasteiger partial charge in [0.15, 0.2) is 0 Å². The molecule has 61 heavy (non-hydrogen) atoms. The van der Waals surface area contributed by atoms with Gasteiger partial charge < -0.3 is 10.0 Å². The molecule has 0 radical (unpaired) electrons. The topological polar surface area (TPSA) is 82.9 Å². The molecule has 314 valence electrons. The molecular weight excluding hydrogens is 815 g/mol. The van der Waals surface area contributed by atoms with Crippen molar-refractivity contribution in [2.24, 2.45) is 0 Å². The highest BCUT2D eigenvalue weighted by molar-refractivity contribution is 8.30. The number of hydrogen-bond acceptors (Lipinski definition) is 7. The molecule has 0 spiro atoms. The lowest BCUT2D eigenvalue weighted by Crippen LogP contribution is -2.35. The maximum Gasteiger partial charge on any atom is 0.323 e. The number of carboxylic acid groups (broad SMARTS) is 1. The molecule has 1 amide bonds. The number of carboxylic acids is 1. The van der Waals surface area contributed by atoms with Gasteiger partial charge in [0.05, 0.1) is 4.53 Å². The van der Waals surface area contributed by atoms with Gasteiger partial charge in [-0.05, 0) is 89.1 Å². The minimum absolute atomic E-state index is 0.247. The highest BCUT2D eigenvalue weighted by atomic mass is 32.2. The van der Waals surface area contributed by atoms with Gasteiger partial charge in [0, 0.05) is 29.9 Å². The van der Waals surface area contributed by atoms with Crippen molar-refractivity contribution in [3.63, 3.8) is 0 Å². The van der Waals surface area contributed by atoms with E-state index in [9.17, 15) is 19.5 Å². The number of carbonyl (C=O) groups is 2. The molecule has 2 aliphatic heterocycles. The number of aliphatic carboxylic acids is 1. The first kappa shape index (κ1) is 42.7. The molecule has 5 aromatic rings. The van der Waals surface area contributed by atoms with E-state index in [-0.39, 0.29) is 5.91 Å². The average molecular weight is 868 g/mol. The molecule has 1 saturated heterocycles. The van der Waals surface area contributed by atoms with Crippen LogP contribution in [0.3, 0.4) is 0 Å². The Morgan fingerprint density at radius 2 is 1.44 bits per heavy atom. The van der Waals surface area contributed by atoms with Crippen molar-refractivity contribution < 1.29 is 14.7 Å². The number of thioether (sulfide) groups is 1. The summed E-state index contributed by atoms with van der Waals surface area (Å²) in [5.41, 5.74) is 8.73. The fourth-order valence-corrected chi connectivity index (χ4v) is 11.8. The second-order valence-electron chi connectivity index (χ2n) is 16.4. The molecule has 2 unspecified atom stereocenters. The minimum atomic E-state index is -1.14. The Morgan fingerprint density at radius 1 is 0.803 bits per heavy atom. The molecular formula is C51H53N3O4S3. The summed E-state index contributed by atoms with van der Waals surface area (Å²) >= 11 is 8.00. The van der Waals surface area contributed by atoms with E-state index in [4.69, 9.17) is 12.2 Å². The van der Waals surface area contributed by atoms with Crippen molar-refractivity contribution in [3.8, 4) is 0 Å². The Kier molecular flexibility index (Phi) is 13.8. The fraction of sp³-hybridized carbons (Fsp3) is 0.333. The van der Waals surface area contributed by atoms with Crippen molar-refractivity contribution >= 4 is 85.5 Å². The van der Waals surface area contributed by atoms with Gasteiger partial charge in [-0.15, -0.1) is 11.3 Å². The molecule has 2 atom stereocenters. The van der Waals surface area contributed by atoms with Crippen LogP contribution in [0.2, 0.25) is 0 Å². The fourth-order valence-electron chi connectivity index (χ4n) is 9.19. The van der Waals surface area contributed by atoms with Crippen LogP contribution >= 0.6 is 35.3 Å². The van der Waals surface area contributed by atoms with Crippen molar-refractivity contribution in [3.05, 3.63) is 150 Å². The van der Waals surface area contributed by atoms with E-state index in [2.05, 4.69) is 103 Å². The van der Waals surface area contributed by atoms with Crippen LogP contribution in [-0.4, -0.2) is 43.4 Å². The van der Waals surface area contributed by atoms with E-state index in [0.717, 1.165) is 55.3 Å². The molecule has 2 fully saturated rings. The van der Waals surface area contributed by atoms with Crippen LogP contribution in [-0.2, 0) is 16.1 Å². The number of rotatable bonds is 17. The van der Waals surface area contributed by atoms with Crippen LogP contribution in [0.4, 0.5) is 11.4 Å². The lowest BCUT2D eigenvalue weighted by Gasteiger charge is -2.27. The van der Waals surface area contributed by atoms with Gasteiger partial charge >= 0.3 is 5.97 Å². The highest BCUT2D eigenvalue weighted by Crippen LogP contribution is 2.52. The molecule has 0 bridgehead atoms. The van der Waals surface area contributed by atoms with E-state index in [1.165, 1.54) is 94.1 Å². The van der Waals surface area contributed by atoms with Gasteiger partial charge in [0.25, 0.3) is 11.5 Å². The number of thiazole rings is 1. The smallest absolute Gasteiger partial charge is 0.323 e. The predicted octanol–water partition coefficient (Wildman–Crippen LogP) is 10.7. The van der Waals surface area contributed by atoms with Gasteiger partial charge in [0.1, 0.15) is 20.4 Å². The third kappa shape index (κ3) is 9.57. The summed E-state index contributed by atoms with van der Waals surface area (Å²) in [5.74, 6) is -1.02. The Balaban J connectivity index is 1.04. The van der Waals surface area contributed by atoms with Crippen molar-refractivity contribution in [1.29, 1.82) is 0 Å². The normalized spacial score (nSPS) is 18.2. The molecule has 8 rings (SSSR count). The standard InChI is InChI=1S/C51H53N3O4S3/c1-2-3-4-5-6-7-8-9-16-30-52-49(58)47(61-51(52)59)50-53(34-46(55)56)48(57)45(60-50)33-36-26-29-44-42(32-36)40-22-17-23-43(40)54(44)39-27-24-35(25-28-39)31-41(37-18-12-10-13-19-37)38-20-14-11-15-21-38/h10-15,18-21,24-29,31-33,40,43H,2-9,16-17,22-23,30,34H2,1H3,(H,55,56)/b45-33+,50-47+. The lowest BCUT2D eigenvalue weighted by molar-refractivity contribution is -0.137. The molecule has 7 nitrogen and oxygen atoms in total. The van der Waals surface area contributed by atoms with Gasteiger partial charge in [-0.2, -0.15) is 0 Å². The third-order valence-electron chi connectivity index (χ3n) is 12.2. The SMILES string of the molecule is CCCCCCCCCCCN1C(=O)/C(=c2\s/c(=C/c3ccc4c(c3)C3CCCC3N4c3ccc(C=C(c4ccccc4)c4ccccc4)cc3)c(=O)n2CC(=O)O)SC1=S. The predicted molar refractivity (Wildman–Crippen MR) is 257 cm³/mol. The first-order valence-corrected chi connectivity index (χ1v) is 23.9. The Bertz CT molecular complexity index is 2560. The van der Waals surface area contributed by atoms with E-state index < -0.39 is 18.1 Å². The zero-order chi connectivity index (χ0) is 42.3. The number of benzene rings is 4. The number of unbranched alkanes of at least 4 members (excludes halogenated alkanes) is 8. The number of anilines is 2. The van der Waals surface area contributed by atoms with Gasteiger partial charge in [0.2, 0.25) is 0 Å². The number of fused-ring (bicyclic) bond motifs is 3. The number of carbonyl (C=O) groups excluding carboxylic acids is 1. The quantitative estimate of drug-likeness (QED) is 0.0566. The Labute approximate surface area is 372 Å². The first-order valence-electron chi connectivity index (χ1n) is 21.9. The first-order chi connectivity index (χ1) is 29.8. The van der Waals surface area contributed by atoms with E-state index >= 15 is 0 Å². The monoisotopic (exact) mass is 867 g/mol. The number of thiocarbonyl (C=S) groups is 1. The van der Waals surface area contributed by atoms with Crippen LogP contribution in [0.1, 0.15) is 118 Å². The number of hydrogen-bond donors (Lipinski definition) is 1. The summed E-state index contributed by atoms with van der Waals surface area (Å²) < 4.78 is 2.43. The van der Waals surface area contributed by atoms with Crippen molar-refractivity contribution in [2.75, 3.05) is 11.4 Å². The maximum absolute atomic E-state index is 13.9. The minimum Gasteiger partial charge on any atom is -0.480 e. The van der Waals surface area contributed by atoms with E-state index in [0.29, 0.717) is 36.9 Å². The molecule has 3 heterocycles. The van der Waals surface area contributed by atoms with Gasteiger partial charge in [-0.1, -0.05) is 168 Å². The van der Waals surface area contributed by atoms with Gasteiger partial charge in [-0.25, -0.2) is 0 Å². The molecule has 1 aliphatic carbocycles. The second-order valence-corrected chi connectivity index (χ2v) is 19.0. The van der Waals surface area contributed by atoms with Crippen LogP contribution in [0.5, 0.6) is 0 Å². The number of amides is 1. The lowest BCUT2D eigenvalue weighted by atomic mass is 9.95. The van der Waals surface area contributed by atoms with Gasteiger partial charge in [-0.3, -0.25) is 23.9 Å². The maximum atomic E-state index is 13.9. The summed E-state index contributed by atoms with van der Waals surface area (Å²) in [6.07, 6.45) is 18.0. The van der Waals surface area contributed by atoms with E-state index in [1.807, 2.05) is 24.3 Å². The van der Waals surface area contributed by atoms with Crippen LogP contribution in [0, 0.1) is 0 Å². The second kappa shape index (κ2) is 19.8. The average Bonchev–Trinajstić information content (AvgIpc) is 4.02. The number of nitrogens with zero attached hydrogens (tertiary/aromatic N) is 3. The summed E-state index contributed by atoms with van der Waals surface area (Å²) in [6.45, 7) is 2.22. The molecule has 3 aliphatic rings. The summed E-state index contributed by atoms with van der Waals surface area (Å²) in [4.78, 5) is 44.1.